The molecule has 1 aliphatic carbocycles. The number of nitrogens with one attached hydrogen (secondary N) is 3. The largest absolute Gasteiger partial charge is 0.443 e. The van der Waals surface area contributed by atoms with E-state index < -0.39 is 18.4 Å². The number of ether oxygens (including phenoxy) is 1. The fourth-order valence-corrected chi connectivity index (χ4v) is 4.48. The lowest BCUT2D eigenvalue weighted by Crippen LogP contribution is -2.35. The number of H-pyrrole nitrogens is 1. The highest BCUT2D eigenvalue weighted by molar-refractivity contribution is 5.80. The first-order valence-corrected chi connectivity index (χ1v) is 11.6. The van der Waals surface area contributed by atoms with Crippen LogP contribution in [0.3, 0.4) is 0 Å². The van der Waals surface area contributed by atoms with E-state index in [1.54, 1.807) is 18.6 Å². The molecule has 0 radical (unpaired) electrons. The highest BCUT2D eigenvalue weighted by Crippen LogP contribution is 2.38. The van der Waals surface area contributed by atoms with Gasteiger partial charge in [0.15, 0.2) is 5.82 Å². The van der Waals surface area contributed by atoms with Gasteiger partial charge in [-0.2, -0.15) is 5.10 Å². The first kappa shape index (κ1) is 22.8. The third-order valence-electron chi connectivity index (χ3n) is 6.05. The maximum absolute atomic E-state index is 14.6. The number of halogens is 1. The van der Waals surface area contributed by atoms with Crippen LogP contribution in [0.5, 0.6) is 0 Å². The Balaban J connectivity index is 1.33. The first-order valence-electron chi connectivity index (χ1n) is 11.6. The normalized spacial score (nSPS) is 19.9. The van der Waals surface area contributed by atoms with Gasteiger partial charge in [0, 0.05) is 59.6 Å². The minimum atomic E-state index is -1.23. The van der Waals surface area contributed by atoms with Crippen LogP contribution < -0.4 is 10.6 Å². The van der Waals surface area contributed by atoms with Crippen LogP contribution in [-0.2, 0) is 4.74 Å². The lowest BCUT2D eigenvalue weighted by molar-refractivity contribution is 0.0593. The van der Waals surface area contributed by atoms with Crippen LogP contribution in [0.15, 0.2) is 43.0 Å². The summed E-state index contributed by atoms with van der Waals surface area (Å²) in [6.07, 6.45) is 5.08. The summed E-state index contributed by atoms with van der Waals surface area (Å²) < 4.78 is 21.7. The number of hydrogen-bond donors (Lipinski definition) is 3. The fourth-order valence-electron chi connectivity index (χ4n) is 4.48. The van der Waals surface area contributed by atoms with Gasteiger partial charge in [-0.05, 0) is 39.7 Å². The number of aryl methyl sites for hydroxylation is 1. The van der Waals surface area contributed by atoms with E-state index in [1.807, 2.05) is 49.6 Å². The van der Waals surface area contributed by atoms with Crippen molar-refractivity contribution in [1.29, 1.82) is 0 Å². The number of carbonyl (C=O) groups excluding carboxylic acids is 1. The monoisotopic (exact) mass is 478 g/mol. The Morgan fingerprint density at radius 2 is 2.17 bits per heavy atom. The van der Waals surface area contributed by atoms with Crippen LogP contribution in [0.2, 0.25) is 0 Å². The molecule has 1 saturated carbocycles. The van der Waals surface area contributed by atoms with Gasteiger partial charge in [-0.1, -0.05) is 6.07 Å². The lowest BCUT2D eigenvalue weighted by Gasteiger charge is -2.16. The van der Waals surface area contributed by atoms with Crippen molar-refractivity contribution >= 4 is 23.5 Å². The third kappa shape index (κ3) is 4.66. The van der Waals surface area contributed by atoms with Gasteiger partial charge in [-0.25, -0.2) is 19.2 Å². The Hall–Kier alpha value is -4.02. The summed E-state index contributed by atoms with van der Waals surface area (Å²) in [5, 5.41) is 13.2. The Kier molecular flexibility index (Phi) is 6.06. The zero-order chi connectivity index (χ0) is 24.5. The second kappa shape index (κ2) is 9.32. The Bertz CT molecular complexity index is 1340. The van der Waals surface area contributed by atoms with E-state index in [0.29, 0.717) is 18.2 Å². The number of alkyl halides is 1. The van der Waals surface area contributed by atoms with Crippen molar-refractivity contribution in [2.24, 2.45) is 0 Å². The van der Waals surface area contributed by atoms with E-state index >= 15 is 0 Å². The van der Waals surface area contributed by atoms with Crippen molar-refractivity contribution in [2.75, 3.05) is 5.32 Å². The topological polar surface area (TPSA) is 122 Å². The van der Waals surface area contributed by atoms with E-state index in [2.05, 4.69) is 30.8 Å². The van der Waals surface area contributed by atoms with E-state index in [4.69, 9.17) is 9.72 Å². The number of alkyl carbamates (subject to hydrolysis) is 1. The molecule has 0 aliphatic heterocycles. The second-order valence-corrected chi connectivity index (χ2v) is 9.02. The molecule has 3 atom stereocenters. The number of imidazole rings is 1. The van der Waals surface area contributed by atoms with Gasteiger partial charge in [0.1, 0.15) is 17.9 Å². The fraction of sp³-hybridized carbons (Fsp3) is 0.375. The summed E-state index contributed by atoms with van der Waals surface area (Å²) >= 11 is 0. The SMILES string of the molecule is Cc1nc(Nc2cc([C@H]3C[C@@H](F)[C@@H](OC(=O)NC(C)C)C3)[nH]n2)n2ccnc2c1-c1cccnc1. The number of anilines is 2. The van der Waals surface area contributed by atoms with Crippen molar-refractivity contribution in [1.82, 2.24) is 34.9 Å². The zero-order valence-electron chi connectivity index (χ0n) is 19.7. The molecular weight excluding hydrogens is 451 g/mol. The molecule has 10 nitrogen and oxygen atoms in total. The molecule has 4 aromatic rings. The predicted octanol–water partition coefficient (Wildman–Crippen LogP) is 4.29. The Labute approximate surface area is 201 Å². The molecule has 182 valence electrons. The molecule has 3 N–H and O–H groups in total. The van der Waals surface area contributed by atoms with Crippen LogP contribution in [0, 0.1) is 6.92 Å². The van der Waals surface area contributed by atoms with Gasteiger partial charge in [0.2, 0.25) is 5.95 Å². The van der Waals surface area contributed by atoms with E-state index in [0.717, 1.165) is 28.2 Å². The number of carbonyl (C=O) groups is 1. The first-order chi connectivity index (χ1) is 16.9. The predicted molar refractivity (Wildman–Crippen MR) is 128 cm³/mol. The number of rotatable bonds is 6. The molecule has 0 saturated heterocycles. The number of fused-ring (bicyclic) bond motifs is 1. The number of pyridine rings is 1. The summed E-state index contributed by atoms with van der Waals surface area (Å²) in [7, 11) is 0. The molecule has 35 heavy (non-hydrogen) atoms. The van der Waals surface area contributed by atoms with Crippen molar-refractivity contribution in [3.8, 4) is 11.1 Å². The standard InChI is InChI=1S/C24H27FN8O2/c1-13(2)28-24(34)35-19-10-16(9-17(19)25)18-11-20(32-31-18)30-23-29-14(3)21(15-5-4-6-26-12-15)22-27-7-8-33(22)23/h4-8,11-13,16-17,19H,9-10H2,1-3H3,(H,28,34)(H2,29,30,31,32)/t16-,17+,19-/m0/s1. The summed E-state index contributed by atoms with van der Waals surface area (Å²) in [5.41, 5.74) is 4.16. The van der Waals surface area contributed by atoms with Gasteiger partial charge in [-0.3, -0.25) is 14.5 Å². The highest BCUT2D eigenvalue weighted by atomic mass is 19.1. The second-order valence-electron chi connectivity index (χ2n) is 9.02. The van der Waals surface area contributed by atoms with Gasteiger partial charge in [-0.15, -0.1) is 0 Å². The molecule has 1 amide bonds. The highest BCUT2D eigenvalue weighted by Gasteiger charge is 2.38. The zero-order valence-corrected chi connectivity index (χ0v) is 19.7. The average molecular weight is 479 g/mol. The summed E-state index contributed by atoms with van der Waals surface area (Å²) in [6, 6.07) is 5.62. The van der Waals surface area contributed by atoms with Crippen molar-refractivity contribution < 1.29 is 13.9 Å². The minimum Gasteiger partial charge on any atom is -0.443 e. The molecule has 1 fully saturated rings. The van der Waals surface area contributed by atoms with Crippen LogP contribution >= 0.6 is 0 Å². The summed E-state index contributed by atoms with van der Waals surface area (Å²) in [5.74, 6) is 0.969. The molecule has 0 unspecified atom stereocenters. The smallest absolute Gasteiger partial charge is 0.407 e. The van der Waals surface area contributed by atoms with Crippen LogP contribution in [0.1, 0.15) is 44.0 Å². The lowest BCUT2D eigenvalue weighted by atomic mass is 10.0. The van der Waals surface area contributed by atoms with E-state index in [-0.39, 0.29) is 18.4 Å². The summed E-state index contributed by atoms with van der Waals surface area (Å²) in [6.45, 7) is 5.57. The van der Waals surface area contributed by atoms with E-state index in [9.17, 15) is 9.18 Å². The van der Waals surface area contributed by atoms with Crippen molar-refractivity contribution in [2.45, 2.75) is 57.8 Å². The van der Waals surface area contributed by atoms with Crippen LogP contribution in [-0.4, -0.2) is 54.0 Å². The van der Waals surface area contributed by atoms with E-state index in [1.165, 1.54) is 0 Å². The number of hydrogen-bond acceptors (Lipinski definition) is 7. The number of aromatic nitrogens is 6. The maximum Gasteiger partial charge on any atom is 0.407 e. The van der Waals surface area contributed by atoms with Gasteiger partial charge in [0.05, 0.1) is 5.69 Å². The van der Waals surface area contributed by atoms with Crippen molar-refractivity contribution in [3.63, 3.8) is 0 Å². The molecule has 5 rings (SSSR count). The van der Waals surface area contributed by atoms with Gasteiger partial charge >= 0.3 is 6.09 Å². The average Bonchev–Trinajstić information content (AvgIpc) is 3.55. The third-order valence-corrected chi connectivity index (χ3v) is 6.05. The molecule has 0 aromatic carbocycles. The molecule has 11 heteroatoms. The number of nitrogens with zero attached hydrogens (tertiary/aromatic N) is 5. The molecule has 0 bridgehead atoms. The van der Waals surface area contributed by atoms with Crippen LogP contribution in [0.25, 0.3) is 16.8 Å². The molecule has 4 aromatic heterocycles. The number of amides is 1. The molecule has 0 spiro atoms. The molecule has 1 aliphatic rings. The van der Waals surface area contributed by atoms with Gasteiger partial charge in [0.25, 0.3) is 0 Å². The van der Waals surface area contributed by atoms with Crippen LogP contribution in [0.4, 0.5) is 21.0 Å². The quantitative estimate of drug-likeness (QED) is 0.378. The molecule has 4 heterocycles. The number of aromatic amines is 1. The maximum atomic E-state index is 14.6. The minimum absolute atomic E-state index is 0.0726. The summed E-state index contributed by atoms with van der Waals surface area (Å²) in [4.78, 5) is 25.4. The Morgan fingerprint density at radius 3 is 2.94 bits per heavy atom. The Morgan fingerprint density at radius 1 is 1.31 bits per heavy atom. The molecular formula is C24H27FN8O2. The van der Waals surface area contributed by atoms with Crippen molar-refractivity contribution in [3.05, 3.63) is 54.4 Å². The van der Waals surface area contributed by atoms with Gasteiger partial charge < -0.3 is 15.4 Å².